The van der Waals surface area contributed by atoms with Crippen molar-refractivity contribution >= 4 is 27.9 Å². The summed E-state index contributed by atoms with van der Waals surface area (Å²) in [4.78, 5) is 38.1. The fourth-order valence-electron chi connectivity index (χ4n) is 2.22. The summed E-state index contributed by atoms with van der Waals surface area (Å²) in [5, 5.41) is 12.5. The van der Waals surface area contributed by atoms with Crippen LogP contribution in [0.25, 0.3) is 6.08 Å². The topological polar surface area (TPSA) is 113 Å². The van der Waals surface area contributed by atoms with Gasteiger partial charge in [0.15, 0.2) is 0 Å². The zero-order chi connectivity index (χ0) is 16.3. The van der Waals surface area contributed by atoms with Gasteiger partial charge in [-0.1, -0.05) is 15.9 Å². The molecule has 120 valence electrons. The van der Waals surface area contributed by atoms with Gasteiger partial charge < -0.3 is 15.2 Å². The van der Waals surface area contributed by atoms with Crippen LogP contribution >= 0.6 is 15.9 Å². The third kappa shape index (κ3) is 3.73. The third-order valence-electron chi connectivity index (χ3n) is 3.30. The molecular weight excluding hydrogens is 358 g/mol. The van der Waals surface area contributed by atoms with Gasteiger partial charge in [-0.2, -0.15) is 0 Å². The number of hydrogen-bond donors (Lipinski definition) is 3. The van der Waals surface area contributed by atoms with Crippen molar-refractivity contribution in [2.24, 2.45) is 0 Å². The molecule has 1 saturated heterocycles. The van der Waals surface area contributed by atoms with Crippen molar-refractivity contribution in [3.05, 3.63) is 37.6 Å². The monoisotopic (exact) mass is 373 g/mol. The maximum Gasteiger partial charge on any atom is 0.330 e. The summed E-state index contributed by atoms with van der Waals surface area (Å²) in [5.41, 5.74) is -0.848. The number of carbonyl (C=O) groups excluding carboxylic acids is 1. The Morgan fingerprint density at radius 1 is 1.64 bits per heavy atom. The molecule has 1 amide bonds. The maximum atomic E-state index is 11.9. The largest absolute Gasteiger partial charge is 0.390 e. The van der Waals surface area contributed by atoms with Gasteiger partial charge in [0, 0.05) is 26.1 Å². The van der Waals surface area contributed by atoms with Crippen molar-refractivity contribution in [3.63, 3.8) is 0 Å². The summed E-state index contributed by atoms with van der Waals surface area (Å²) in [6.45, 7) is 1.52. The van der Waals surface area contributed by atoms with E-state index in [9.17, 15) is 19.5 Å². The molecule has 1 aliphatic heterocycles. The Kier molecular flexibility index (Phi) is 5.33. The van der Waals surface area contributed by atoms with Crippen LogP contribution in [0.5, 0.6) is 0 Å². The van der Waals surface area contributed by atoms with E-state index in [1.165, 1.54) is 28.7 Å². The molecule has 0 radical (unpaired) electrons. The average molecular weight is 374 g/mol. The summed E-state index contributed by atoms with van der Waals surface area (Å²) in [6, 6.07) is 0. The van der Waals surface area contributed by atoms with Crippen LogP contribution in [0.3, 0.4) is 0 Å². The van der Waals surface area contributed by atoms with Crippen LogP contribution in [-0.4, -0.2) is 39.3 Å². The van der Waals surface area contributed by atoms with E-state index in [4.69, 9.17) is 4.74 Å². The predicted octanol–water partition coefficient (Wildman–Crippen LogP) is -0.313. The van der Waals surface area contributed by atoms with Gasteiger partial charge >= 0.3 is 5.69 Å². The van der Waals surface area contributed by atoms with Gasteiger partial charge in [0.05, 0.1) is 11.7 Å². The summed E-state index contributed by atoms with van der Waals surface area (Å²) < 4.78 is 6.83. The number of halogens is 1. The molecule has 0 aromatic carbocycles. The predicted molar refractivity (Wildman–Crippen MR) is 82.5 cm³/mol. The van der Waals surface area contributed by atoms with E-state index in [1.54, 1.807) is 0 Å². The van der Waals surface area contributed by atoms with Crippen LogP contribution in [0.2, 0.25) is 0 Å². The zero-order valence-corrected chi connectivity index (χ0v) is 13.4. The van der Waals surface area contributed by atoms with E-state index in [0.717, 1.165) is 0 Å². The first-order chi connectivity index (χ1) is 10.4. The molecule has 22 heavy (non-hydrogen) atoms. The van der Waals surface area contributed by atoms with Crippen molar-refractivity contribution in [1.29, 1.82) is 0 Å². The van der Waals surface area contributed by atoms with Crippen molar-refractivity contribution < 1.29 is 14.6 Å². The first kappa shape index (κ1) is 16.7. The summed E-state index contributed by atoms with van der Waals surface area (Å²) in [7, 11) is 0. The number of nitrogens with zero attached hydrogens (tertiary/aromatic N) is 1. The lowest BCUT2D eigenvalue weighted by atomic mass is 10.2. The molecule has 0 saturated carbocycles. The van der Waals surface area contributed by atoms with Gasteiger partial charge in [-0.3, -0.25) is 19.1 Å². The van der Waals surface area contributed by atoms with Crippen LogP contribution in [0.1, 0.15) is 25.1 Å². The maximum absolute atomic E-state index is 11.9. The van der Waals surface area contributed by atoms with E-state index in [0.29, 0.717) is 0 Å². The first-order valence-electron chi connectivity index (χ1n) is 6.62. The minimum absolute atomic E-state index is 0.152. The van der Waals surface area contributed by atoms with E-state index in [-0.39, 0.29) is 24.4 Å². The Labute approximate surface area is 133 Å². The molecule has 2 rings (SSSR count). The number of aliphatic hydroxyl groups is 1. The minimum atomic E-state index is -0.814. The lowest BCUT2D eigenvalue weighted by Crippen LogP contribution is -2.36. The van der Waals surface area contributed by atoms with Crippen molar-refractivity contribution in [3.8, 4) is 0 Å². The number of aromatic nitrogens is 2. The second kappa shape index (κ2) is 7.03. The Morgan fingerprint density at radius 3 is 3.00 bits per heavy atom. The van der Waals surface area contributed by atoms with Gasteiger partial charge in [0.1, 0.15) is 12.3 Å². The van der Waals surface area contributed by atoms with E-state index in [2.05, 4.69) is 26.2 Å². The number of carbonyl (C=O) groups is 1. The van der Waals surface area contributed by atoms with E-state index < -0.39 is 29.7 Å². The van der Waals surface area contributed by atoms with Crippen molar-refractivity contribution in [1.82, 2.24) is 14.9 Å². The molecule has 1 aliphatic rings. The molecule has 0 bridgehead atoms. The van der Waals surface area contributed by atoms with Gasteiger partial charge in [-0.25, -0.2) is 4.79 Å². The number of aliphatic hydroxyl groups excluding tert-OH is 1. The fourth-order valence-corrected chi connectivity index (χ4v) is 2.50. The van der Waals surface area contributed by atoms with Crippen molar-refractivity contribution in [2.45, 2.75) is 31.8 Å². The van der Waals surface area contributed by atoms with Gasteiger partial charge in [-0.15, -0.1) is 0 Å². The molecular formula is C13H16BrN3O5. The summed E-state index contributed by atoms with van der Waals surface area (Å²) in [6.07, 6.45) is 0.925. The van der Waals surface area contributed by atoms with Gasteiger partial charge in [0.25, 0.3) is 5.56 Å². The standard InChI is InChI=1S/C13H16BrN3O5/c1-7(18)15-5-10-9(19)4-11(22-10)17-6-8(2-3-14)12(20)16-13(17)21/h2-3,6,9-11,19H,4-5H2,1H3,(H,15,18)(H,16,20,21)/b3-2+/t9-,10+,11+/m0/s1. The molecule has 3 atom stereocenters. The number of ether oxygens (including phenoxy) is 1. The highest BCUT2D eigenvalue weighted by Crippen LogP contribution is 2.27. The molecule has 0 spiro atoms. The zero-order valence-electron chi connectivity index (χ0n) is 11.8. The molecule has 3 N–H and O–H groups in total. The molecule has 0 unspecified atom stereocenters. The highest BCUT2D eigenvalue weighted by molar-refractivity contribution is 9.11. The second-order valence-corrected chi connectivity index (χ2v) is 5.44. The van der Waals surface area contributed by atoms with Crippen molar-refractivity contribution in [2.75, 3.05) is 6.54 Å². The Balaban J connectivity index is 2.22. The minimum Gasteiger partial charge on any atom is -0.390 e. The molecule has 1 aromatic heterocycles. The second-order valence-electron chi connectivity index (χ2n) is 4.91. The average Bonchev–Trinajstić information content (AvgIpc) is 2.80. The highest BCUT2D eigenvalue weighted by atomic mass is 79.9. The first-order valence-corrected chi connectivity index (χ1v) is 7.54. The lowest BCUT2D eigenvalue weighted by Gasteiger charge is -2.16. The SMILES string of the molecule is CC(=O)NC[C@H]1O[C@@H](n2cc(/C=C/Br)c(=O)[nH]c2=O)C[C@@H]1O. The fraction of sp³-hybridized carbons (Fsp3) is 0.462. The molecule has 8 nitrogen and oxygen atoms in total. The number of nitrogens with one attached hydrogen (secondary N) is 2. The lowest BCUT2D eigenvalue weighted by molar-refractivity contribution is -0.120. The molecule has 1 aromatic rings. The van der Waals surface area contributed by atoms with Crippen LogP contribution < -0.4 is 16.6 Å². The van der Waals surface area contributed by atoms with Crippen LogP contribution in [0.15, 0.2) is 20.8 Å². The van der Waals surface area contributed by atoms with Crippen LogP contribution in [0.4, 0.5) is 0 Å². The van der Waals surface area contributed by atoms with E-state index >= 15 is 0 Å². The number of hydrogen-bond acceptors (Lipinski definition) is 5. The van der Waals surface area contributed by atoms with Crippen LogP contribution in [0, 0.1) is 0 Å². The van der Waals surface area contributed by atoms with Gasteiger partial charge in [0.2, 0.25) is 5.91 Å². The molecule has 2 heterocycles. The number of aromatic amines is 1. The van der Waals surface area contributed by atoms with Gasteiger partial charge in [-0.05, 0) is 11.1 Å². The van der Waals surface area contributed by atoms with E-state index in [1.807, 2.05) is 0 Å². The van der Waals surface area contributed by atoms with Crippen LogP contribution in [-0.2, 0) is 9.53 Å². The summed E-state index contributed by atoms with van der Waals surface area (Å²) >= 11 is 3.07. The number of H-pyrrole nitrogens is 1. The molecule has 0 aliphatic carbocycles. The quantitative estimate of drug-likeness (QED) is 0.669. The Hall–Kier alpha value is -1.71. The summed E-state index contributed by atoms with van der Waals surface area (Å²) in [5.74, 6) is -0.231. The molecule has 9 heteroatoms. The Morgan fingerprint density at radius 2 is 2.36 bits per heavy atom. The number of rotatable bonds is 4. The molecule has 1 fully saturated rings. The Bertz CT molecular complexity index is 696. The number of amides is 1. The highest BCUT2D eigenvalue weighted by Gasteiger charge is 2.35. The normalized spacial score (nSPS) is 24.8. The smallest absolute Gasteiger partial charge is 0.330 e. The third-order valence-corrected chi connectivity index (χ3v) is 3.57.